The largest absolute Gasteiger partial charge is 0.394 e. The molecule has 0 bridgehead atoms. The summed E-state index contributed by atoms with van der Waals surface area (Å²) in [5.74, 6) is 0. The molecule has 3 N–H and O–H groups in total. The van der Waals surface area contributed by atoms with Crippen LogP contribution in [0.25, 0.3) is 11.2 Å². The SMILES string of the molecule is O=c1[nH]cnc2c1nnn2C1CC(O)C(CO)O1. The quantitative estimate of drug-likeness (QED) is 0.573. The van der Waals surface area contributed by atoms with Gasteiger partial charge < -0.3 is 19.9 Å². The summed E-state index contributed by atoms with van der Waals surface area (Å²) in [4.78, 5) is 17.8. The Kier molecular flexibility index (Phi) is 2.58. The van der Waals surface area contributed by atoms with Crippen molar-refractivity contribution < 1.29 is 14.9 Å². The van der Waals surface area contributed by atoms with Crippen molar-refractivity contribution in [2.24, 2.45) is 0 Å². The zero-order chi connectivity index (χ0) is 12.7. The fourth-order valence-corrected chi connectivity index (χ4v) is 2.00. The van der Waals surface area contributed by atoms with Gasteiger partial charge in [0.25, 0.3) is 5.56 Å². The van der Waals surface area contributed by atoms with Gasteiger partial charge in [0.1, 0.15) is 6.10 Å². The first-order valence-electron chi connectivity index (χ1n) is 5.43. The zero-order valence-electron chi connectivity index (χ0n) is 9.22. The molecule has 0 saturated carbocycles. The van der Waals surface area contributed by atoms with E-state index in [1.54, 1.807) is 0 Å². The van der Waals surface area contributed by atoms with Gasteiger partial charge in [-0.25, -0.2) is 4.98 Å². The van der Waals surface area contributed by atoms with Gasteiger partial charge in [-0.15, -0.1) is 5.10 Å². The van der Waals surface area contributed by atoms with Crippen LogP contribution in [0.5, 0.6) is 0 Å². The molecule has 3 rings (SSSR count). The van der Waals surface area contributed by atoms with Crippen molar-refractivity contribution in [3.63, 3.8) is 0 Å². The standard InChI is InChI=1S/C9H11N5O4/c15-2-5-4(16)1-6(18-5)14-8-7(12-13-14)9(17)11-3-10-8/h3-6,15-16H,1-2H2,(H,10,11,17). The lowest BCUT2D eigenvalue weighted by atomic mass is 10.2. The topological polar surface area (TPSA) is 126 Å². The molecule has 0 aliphatic carbocycles. The number of fused-ring (bicyclic) bond motifs is 1. The Bertz CT molecular complexity index is 623. The van der Waals surface area contributed by atoms with Crippen LogP contribution in [-0.2, 0) is 4.74 Å². The molecule has 96 valence electrons. The normalized spacial score (nSPS) is 28.0. The molecule has 9 heteroatoms. The molecule has 3 atom stereocenters. The van der Waals surface area contributed by atoms with Crippen LogP contribution >= 0.6 is 0 Å². The minimum absolute atomic E-state index is 0.114. The van der Waals surface area contributed by atoms with E-state index >= 15 is 0 Å². The van der Waals surface area contributed by atoms with Crippen LogP contribution in [0.15, 0.2) is 11.1 Å². The number of aromatic nitrogens is 5. The number of H-pyrrole nitrogens is 1. The number of nitrogens with zero attached hydrogens (tertiary/aromatic N) is 4. The Labute approximate surface area is 100 Å². The maximum atomic E-state index is 11.5. The van der Waals surface area contributed by atoms with Gasteiger partial charge in [0, 0.05) is 6.42 Å². The lowest BCUT2D eigenvalue weighted by Crippen LogP contribution is -2.24. The molecule has 9 nitrogen and oxygen atoms in total. The summed E-state index contributed by atoms with van der Waals surface area (Å²) in [6.07, 6.45) is -0.508. The molecule has 0 amide bonds. The van der Waals surface area contributed by atoms with Crippen molar-refractivity contribution in [3.05, 3.63) is 16.7 Å². The van der Waals surface area contributed by atoms with Gasteiger partial charge in [0.05, 0.1) is 19.0 Å². The highest BCUT2D eigenvalue weighted by atomic mass is 16.5. The van der Waals surface area contributed by atoms with Crippen LogP contribution in [0.4, 0.5) is 0 Å². The first-order chi connectivity index (χ1) is 8.70. The van der Waals surface area contributed by atoms with Crippen molar-refractivity contribution in [3.8, 4) is 0 Å². The smallest absolute Gasteiger partial charge is 0.280 e. The Hall–Kier alpha value is -1.84. The molecule has 1 saturated heterocycles. The summed E-state index contributed by atoms with van der Waals surface area (Å²) in [7, 11) is 0. The Morgan fingerprint density at radius 2 is 2.44 bits per heavy atom. The van der Waals surface area contributed by atoms with Gasteiger partial charge >= 0.3 is 0 Å². The number of nitrogens with one attached hydrogen (secondary N) is 1. The molecular weight excluding hydrogens is 242 g/mol. The van der Waals surface area contributed by atoms with Crippen molar-refractivity contribution in [2.75, 3.05) is 6.61 Å². The molecule has 0 spiro atoms. The fourth-order valence-electron chi connectivity index (χ4n) is 2.00. The molecule has 2 aromatic heterocycles. The Balaban J connectivity index is 2.01. The number of aliphatic hydroxyl groups is 2. The summed E-state index contributed by atoms with van der Waals surface area (Å²) < 4.78 is 6.76. The first kappa shape index (κ1) is 11.3. The minimum atomic E-state index is -0.777. The number of hydrogen-bond donors (Lipinski definition) is 3. The summed E-state index contributed by atoms with van der Waals surface area (Å²) in [6, 6.07) is 0. The van der Waals surface area contributed by atoms with Crippen molar-refractivity contribution in [1.29, 1.82) is 0 Å². The molecule has 3 heterocycles. The fraction of sp³-hybridized carbons (Fsp3) is 0.556. The van der Waals surface area contributed by atoms with Gasteiger partial charge in [-0.1, -0.05) is 5.21 Å². The van der Waals surface area contributed by atoms with E-state index in [1.807, 2.05) is 0 Å². The van der Waals surface area contributed by atoms with Crippen LogP contribution in [0.3, 0.4) is 0 Å². The van der Waals surface area contributed by atoms with E-state index < -0.39 is 18.4 Å². The molecular formula is C9H11N5O4. The van der Waals surface area contributed by atoms with E-state index in [0.29, 0.717) is 0 Å². The van der Waals surface area contributed by atoms with E-state index in [2.05, 4.69) is 20.3 Å². The van der Waals surface area contributed by atoms with Gasteiger partial charge in [0.15, 0.2) is 17.4 Å². The van der Waals surface area contributed by atoms with Crippen LogP contribution in [0.2, 0.25) is 0 Å². The van der Waals surface area contributed by atoms with Crippen LogP contribution in [0.1, 0.15) is 12.6 Å². The summed E-state index contributed by atoms with van der Waals surface area (Å²) >= 11 is 0. The van der Waals surface area contributed by atoms with E-state index in [9.17, 15) is 9.90 Å². The maximum absolute atomic E-state index is 11.5. The summed E-state index contributed by atoms with van der Waals surface area (Å²) in [5.41, 5.74) is 0.0149. The van der Waals surface area contributed by atoms with E-state index in [1.165, 1.54) is 11.0 Å². The number of aromatic amines is 1. The van der Waals surface area contributed by atoms with Gasteiger partial charge in [-0.3, -0.25) is 4.79 Å². The predicted molar refractivity (Wildman–Crippen MR) is 57.6 cm³/mol. The molecule has 2 aromatic rings. The maximum Gasteiger partial charge on any atom is 0.280 e. The highest BCUT2D eigenvalue weighted by Gasteiger charge is 2.36. The van der Waals surface area contributed by atoms with Crippen molar-refractivity contribution in [2.45, 2.75) is 24.9 Å². The van der Waals surface area contributed by atoms with E-state index in [-0.39, 0.29) is 29.8 Å². The lowest BCUT2D eigenvalue weighted by molar-refractivity contribution is -0.0476. The number of ether oxygens (including phenoxy) is 1. The third-order valence-corrected chi connectivity index (χ3v) is 2.92. The molecule has 3 unspecified atom stereocenters. The molecule has 0 radical (unpaired) electrons. The van der Waals surface area contributed by atoms with Crippen LogP contribution < -0.4 is 5.56 Å². The zero-order valence-corrected chi connectivity index (χ0v) is 9.22. The first-order valence-corrected chi connectivity index (χ1v) is 5.43. The number of hydrogen-bond acceptors (Lipinski definition) is 7. The average molecular weight is 253 g/mol. The second kappa shape index (κ2) is 4.12. The van der Waals surface area contributed by atoms with E-state index in [0.717, 1.165) is 0 Å². The Morgan fingerprint density at radius 3 is 3.17 bits per heavy atom. The van der Waals surface area contributed by atoms with E-state index in [4.69, 9.17) is 9.84 Å². The van der Waals surface area contributed by atoms with Crippen molar-refractivity contribution >= 4 is 11.2 Å². The molecule has 1 aliphatic rings. The second-order valence-electron chi connectivity index (χ2n) is 4.05. The van der Waals surface area contributed by atoms with Crippen molar-refractivity contribution in [1.82, 2.24) is 25.0 Å². The Morgan fingerprint density at radius 1 is 1.61 bits per heavy atom. The average Bonchev–Trinajstić information content (AvgIpc) is 2.93. The summed E-state index contributed by atoms with van der Waals surface area (Å²) in [5, 5.41) is 26.2. The van der Waals surface area contributed by atoms with Crippen LogP contribution in [0, 0.1) is 0 Å². The monoisotopic (exact) mass is 253 g/mol. The van der Waals surface area contributed by atoms with Gasteiger partial charge in [-0.2, -0.15) is 4.68 Å². The molecule has 18 heavy (non-hydrogen) atoms. The lowest BCUT2D eigenvalue weighted by Gasteiger charge is -2.11. The second-order valence-corrected chi connectivity index (χ2v) is 4.05. The van der Waals surface area contributed by atoms with Gasteiger partial charge in [0.2, 0.25) is 0 Å². The molecule has 1 aliphatic heterocycles. The third kappa shape index (κ3) is 1.60. The highest BCUT2D eigenvalue weighted by molar-refractivity contribution is 5.67. The number of aliphatic hydroxyl groups excluding tert-OH is 2. The minimum Gasteiger partial charge on any atom is -0.394 e. The third-order valence-electron chi connectivity index (χ3n) is 2.92. The van der Waals surface area contributed by atoms with Crippen LogP contribution in [-0.4, -0.2) is 54.0 Å². The highest BCUT2D eigenvalue weighted by Crippen LogP contribution is 2.28. The predicted octanol–water partition coefficient (Wildman–Crippen LogP) is -1.84. The molecule has 0 aromatic carbocycles. The van der Waals surface area contributed by atoms with Gasteiger partial charge in [-0.05, 0) is 0 Å². The number of rotatable bonds is 2. The summed E-state index contributed by atoms with van der Waals surface area (Å²) in [6.45, 7) is -0.279. The molecule has 1 fully saturated rings.